The Morgan fingerprint density at radius 1 is 1.04 bits per heavy atom. The molecule has 0 spiro atoms. The maximum absolute atomic E-state index is 12.2. The molecule has 2 N–H and O–H groups in total. The Kier molecular flexibility index (Phi) is 5.94. The predicted octanol–water partition coefficient (Wildman–Crippen LogP) is 4.09. The summed E-state index contributed by atoms with van der Waals surface area (Å²) in [4.78, 5) is 12.2. The van der Waals surface area contributed by atoms with Crippen LogP contribution >= 0.6 is 0 Å². The summed E-state index contributed by atoms with van der Waals surface area (Å²) in [6.07, 6.45) is 9.16. The molecule has 3 nitrogen and oxygen atoms in total. The van der Waals surface area contributed by atoms with Crippen molar-refractivity contribution in [1.29, 1.82) is 0 Å². The van der Waals surface area contributed by atoms with E-state index in [1.807, 2.05) is 0 Å². The maximum atomic E-state index is 12.2. The molecule has 0 unspecified atom stereocenters. The van der Waals surface area contributed by atoms with E-state index in [1.54, 1.807) is 0 Å². The fourth-order valence-electron chi connectivity index (χ4n) is 4.91. The van der Waals surface area contributed by atoms with Crippen LogP contribution in [-0.2, 0) is 16.0 Å². The van der Waals surface area contributed by atoms with Gasteiger partial charge in [-0.05, 0) is 43.6 Å². The van der Waals surface area contributed by atoms with Gasteiger partial charge in [-0.15, -0.1) is 0 Å². The monoisotopic (exact) mass is 329 g/mol. The van der Waals surface area contributed by atoms with Gasteiger partial charge in [0.1, 0.15) is 12.1 Å². The van der Waals surface area contributed by atoms with Gasteiger partial charge in [-0.2, -0.15) is 0 Å². The number of carbonyl (C=O) groups excluding carboxylic acids is 1. The minimum atomic E-state index is -0.452. The topological polar surface area (TPSA) is 52.3 Å². The lowest BCUT2D eigenvalue weighted by Gasteiger charge is -2.35. The third-order valence-electron chi connectivity index (χ3n) is 6.07. The van der Waals surface area contributed by atoms with Crippen molar-refractivity contribution >= 4 is 5.97 Å². The van der Waals surface area contributed by atoms with Crippen molar-refractivity contribution in [2.45, 2.75) is 70.4 Å². The fourth-order valence-corrected chi connectivity index (χ4v) is 4.91. The molecule has 2 aliphatic rings. The van der Waals surface area contributed by atoms with Gasteiger partial charge in [-0.1, -0.05) is 62.4 Å². The predicted molar refractivity (Wildman–Crippen MR) is 96.5 cm³/mol. The third kappa shape index (κ3) is 4.18. The second-order valence-corrected chi connectivity index (χ2v) is 7.75. The van der Waals surface area contributed by atoms with Gasteiger partial charge in [0.2, 0.25) is 0 Å². The Balaban J connectivity index is 1.83. The summed E-state index contributed by atoms with van der Waals surface area (Å²) in [7, 11) is 0. The Hall–Kier alpha value is -1.35. The highest BCUT2D eigenvalue weighted by Crippen LogP contribution is 2.41. The van der Waals surface area contributed by atoms with Gasteiger partial charge in [-0.25, -0.2) is 0 Å². The molecular formula is C21H31NO2. The van der Waals surface area contributed by atoms with Crippen LogP contribution < -0.4 is 5.73 Å². The molecule has 1 aromatic rings. The normalized spacial score (nSPS) is 32.7. The van der Waals surface area contributed by atoms with E-state index in [0.717, 1.165) is 25.7 Å². The zero-order valence-electron chi connectivity index (χ0n) is 14.8. The first-order valence-electron chi connectivity index (χ1n) is 9.65. The summed E-state index contributed by atoms with van der Waals surface area (Å²) in [6.45, 7) is 2.09. The average Bonchev–Trinajstić information content (AvgIpc) is 3.09. The summed E-state index contributed by atoms with van der Waals surface area (Å²) in [5, 5.41) is 0. The Labute approximate surface area is 146 Å². The number of carbonyl (C=O) groups is 1. The van der Waals surface area contributed by atoms with E-state index in [1.165, 1.54) is 31.2 Å². The number of nitrogens with two attached hydrogens (primary N) is 1. The molecule has 1 saturated heterocycles. The SMILES string of the molecule is C[C@@H]1OC(=O)[C@@H](N)CCC[C@H](Cc2ccccc2)[C@H]1C1CCCC1. The first kappa shape index (κ1) is 17.5. The fraction of sp³-hybridized carbons (Fsp3) is 0.667. The molecule has 1 heterocycles. The number of rotatable bonds is 3. The number of cyclic esters (lactones) is 1. The smallest absolute Gasteiger partial charge is 0.323 e. The van der Waals surface area contributed by atoms with Gasteiger partial charge >= 0.3 is 5.97 Å². The van der Waals surface area contributed by atoms with Gasteiger partial charge < -0.3 is 10.5 Å². The van der Waals surface area contributed by atoms with Gasteiger partial charge in [0.05, 0.1) is 0 Å². The van der Waals surface area contributed by atoms with Crippen LogP contribution in [0.15, 0.2) is 30.3 Å². The Morgan fingerprint density at radius 2 is 1.75 bits per heavy atom. The van der Waals surface area contributed by atoms with E-state index >= 15 is 0 Å². The molecule has 24 heavy (non-hydrogen) atoms. The van der Waals surface area contributed by atoms with Crippen LogP contribution in [0.4, 0.5) is 0 Å². The molecule has 1 aliphatic heterocycles. The molecule has 2 fully saturated rings. The summed E-state index contributed by atoms with van der Waals surface area (Å²) in [5.74, 6) is 1.52. The first-order chi connectivity index (χ1) is 11.6. The number of esters is 1. The standard InChI is InChI=1S/C21H31NO2/c1-15-20(17-10-5-6-11-17)18(14-16-8-3-2-4-9-16)12-7-13-19(22)21(23)24-15/h2-4,8-9,15,17-20H,5-7,10-14,22H2,1H3/t15-,18+,19-,20+/m0/s1. The number of ether oxygens (including phenoxy) is 1. The molecule has 1 aromatic carbocycles. The summed E-state index contributed by atoms with van der Waals surface area (Å²) >= 11 is 0. The van der Waals surface area contributed by atoms with Crippen LogP contribution in [-0.4, -0.2) is 18.1 Å². The van der Waals surface area contributed by atoms with E-state index in [9.17, 15) is 4.79 Å². The largest absolute Gasteiger partial charge is 0.461 e. The van der Waals surface area contributed by atoms with Crippen LogP contribution in [0.2, 0.25) is 0 Å². The molecule has 0 aromatic heterocycles. The quantitative estimate of drug-likeness (QED) is 0.850. The zero-order chi connectivity index (χ0) is 16.9. The van der Waals surface area contributed by atoms with E-state index < -0.39 is 6.04 Å². The van der Waals surface area contributed by atoms with Crippen LogP contribution in [0.1, 0.15) is 57.4 Å². The minimum Gasteiger partial charge on any atom is -0.461 e. The molecule has 3 rings (SSSR count). The second-order valence-electron chi connectivity index (χ2n) is 7.75. The minimum absolute atomic E-state index is 0.0292. The molecular weight excluding hydrogens is 298 g/mol. The van der Waals surface area contributed by atoms with Gasteiger partial charge in [0.25, 0.3) is 0 Å². The van der Waals surface area contributed by atoms with Crippen molar-refractivity contribution in [1.82, 2.24) is 0 Å². The van der Waals surface area contributed by atoms with Crippen LogP contribution in [0.25, 0.3) is 0 Å². The van der Waals surface area contributed by atoms with Gasteiger partial charge in [-0.3, -0.25) is 4.79 Å². The lowest BCUT2D eigenvalue weighted by molar-refractivity contribution is -0.154. The highest BCUT2D eigenvalue weighted by atomic mass is 16.5. The molecule has 0 radical (unpaired) electrons. The molecule has 0 bridgehead atoms. The van der Waals surface area contributed by atoms with Crippen LogP contribution in [0, 0.1) is 17.8 Å². The van der Waals surface area contributed by atoms with Gasteiger partial charge in [0.15, 0.2) is 0 Å². The van der Waals surface area contributed by atoms with Crippen molar-refractivity contribution < 1.29 is 9.53 Å². The van der Waals surface area contributed by atoms with Crippen LogP contribution in [0.3, 0.4) is 0 Å². The summed E-state index contributed by atoms with van der Waals surface area (Å²) in [5.41, 5.74) is 7.40. The number of hydrogen-bond donors (Lipinski definition) is 1. The van der Waals surface area contributed by atoms with E-state index in [4.69, 9.17) is 10.5 Å². The van der Waals surface area contributed by atoms with E-state index in [2.05, 4.69) is 37.3 Å². The first-order valence-corrected chi connectivity index (χ1v) is 9.65. The lowest BCUT2D eigenvalue weighted by Crippen LogP contribution is -2.38. The molecule has 0 amide bonds. The van der Waals surface area contributed by atoms with Crippen LogP contribution in [0.5, 0.6) is 0 Å². The van der Waals surface area contributed by atoms with Crippen molar-refractivity contribution in [2.24, 2.45) is 23.5 Å². The highest BCUT2D eigenvalue weighted by molar-refractivity contribution is 5.75. The molecule has 4 atom stereocenters. The van der Waals surface area contributed by atoms with Crippen molar-refractivity contribution in [3.63, 3.8) is 0 Å². The van der Waals surface area contributed by atoms with E-state index in [-0.39, 0.29) is 12.1 Å². The Morgan fingerprint density at radius 3 is 2.46 bits per heavy atom. The van der Waals surface area contributed by atoms with Crippen molar-refractivity contribution in [3.8, 4) is 0 Å². The van der Waals surface area contributed by atoms with Gasteiger partial charge in [0, 0.05) is 5.92 Å². The van der Waals surface area contributed by atoms with Crippen molar-refractivity contribution in [2.75, 3.05) is 0 Å². The summed E-state index contributed by atoms with van der Waals surface area (Å²) < 4.78 is 5.81. The summed E-state index contributed by atoms with van der Waals surface area (Å²) in [6, 6.07) is 10.3. The molecule has 132 valence electrons. The lowest BCUT2D eigenvalue weighted by atomic mass is 9.73. The van der Waals surface area contributed by atoms with Crippen molar-refractivity contribution in [3.05, 3.63) is 35.9 Å². The highest BCUT2D eigenvalue weighted by Gasteiger charge is 2.38. The maximum Gasteiger partial charge on any atom is 0.323 e. The number of benzene rings is 1. The third-order valence-corrected chi connectivity index (χ3v) is 6.07. The Bertz CT molecular complexity index is 524. The average molecular weight is 329 g/mol. The molecule has 1 saturated carbocycles. The second kappa shape index (κ2) is 8.15. The zero-order valence-corrected chi connectivity index (χ0v) is 14.8. The van der Waals surface area contributed by atoms with E-state index in [0.29, 0.717) is 17.8 Å². The molecule has 3 heteroatoms. The molecule has 1 aliphatic carbocycles. The number of hydrogen-bond acceptors (Lipinski definition) is 3.